The van der Waals surface area contributed by atoms with E-state index < -0.39 is 29.4 Å². The molecule has 1 spiro atoms. The number of benzene rings is 2. The summed E-state index contributed by atoms with van der Waals surface area (Å²) >= 11 is 6.31. The Morgan fingerprint density at radius 1 is 1.05 bits per heavy atom. The Morgan fingerprint density at radius 3 is 2.53 bits per heavy atom. The van der Waals surface area contributed by atoms with Crippen LogP contribution in [0.1, 0.15) is 40.0 Å². The number of carbonyl (C=O) groups excluding carboxylic acids is 1. The van der Waals surface area contributed by atoms with Crippen LogP contribution in [0.2, 0.25) is 5.02 Å². The molecule has 2 aromatic carbocycles. The Hall–Kier alpha value is -3.30. The molecule has 5 rings (SSSR count). The van der Waals surface area contributed by atoms with Gasteiger partial charge in [0.05, 0.1) is 0 Å². The van der Waals surface area contributed by atoms with Gasteiger partial charge in [-0.1, -0.05) is 23.8 Å². The Balaban J connectivity index is 1.33. The monoisotopic (exact) mass is 547 g/mol. The highest BCUT2D eigenvalue weighted by Gasteiger charge is 2.46. The van der Waals surface area contributed by atoms with Gasteiger partial charge in [-0.3, -0.25) is 14.7 Å². The number of aromatic nitrogens is 1. The Kier molecular flexibility index (Phi) is 7.00. The zero-order valence-corrected chi connectivity index (χ0v) is 20.9. The number of alkyl halides is 3. The van der Waals surface area contributed by atoms with Crippen molar-refractivity contribution >= 4 is 29.3 Å². The topological polar surface area (TPSA) is 36.4 Å². The van der Waals surface area contributed by atoms with Crippen molar-refractivity contribution in [3.63, 3.8) is 0 Å². The third kappa shape index (κ3) is 5.17. The fourth-order valence-electron chi connectivity index (χ4n) is 5.25. The van der Waals surface area contributed by atoms with E-state index in [-0.39, 0.29) is 11.0 Å². The van der Waals surface area contributed by atoms with Crippen molar-refractivity contribution in [1.29, 1.82) is 0 Å². The first kappa shape index (κ1) is 26.3. The van der Waals surface area contributed by atoms with E-state index in [2.05, 4.69) is 9.88 Å². The van der Waals surface area contributed by atoms with Gasteiger partial charge in [-0.15, -0.1) is 0 Å². The van der Waals surface area contributed by atoms with E-state index in [4.69, 9.17) is 11.6 Å². The fraction of sp³-hybridized carbons (Fsp3) is 0.286. The Bertz CT molecular complexity index is 1400. The van der Waals surface area contributed by atoms with Crippen LogP contribution in [0.15, 0.2) is 60.8 Å². The average Bonchev–Trinajstić information content (AvgIpc) is 3.18. The molecule has 2 aliphatic rings. The summed E-state index contributed by atoms with van der Waals surface area (Å²) in [5, 5.41) is 0.521. The molecule has 0 unspecified atom stereocenters. The molecule has 0 bridgehead atoms. The van der Waals surface area contributed by atoms with Crippen molar-refractivity contribution in [2.45, 2.75) is 24.4 Å². The maximum Gasteiger partial charge on any atom is 0.433 e. The van der Waals surface area contributed by atoms with Crippen LogP contribution in [0.4, 0.5) is 27.6 Å². The molecule has 0 atom stereocenters. The predicted octanol–water partition coefficient (Wildman–Crippen LogP) is 6.74. The fourth-order valence-corrected chi connectivity index (χ4v) is 5.43. The first-order valence-corrected chi connectivity index (χ1v) is 12.4. The summed E-state index contributed by atoms with van der Waals surface area (Å²) in [6, 6.07) is 10.8. The maximum atomic E-state index is 13.9. The molecule has 0 aliphatic carbocycles. The minimum atomic E-state index is -4.66. The van der Waals surface area contributed by atoms with E-state index >= 15 is 0 Å². The normalized spacial score (nSPS) is 17.4. The number of amides is 1. The second-order valence-electron chi connectivity index (χ2n) is 9.63. The highest BCUT2D eigenvalue weighted by atomic mass is 35.5. The van der Waals surface area contributed by atoms with Gasteiger partial charge < -0.3 is 4.90 Å². The second kappa shape index (κ2) is 10.1. The number of piperidine rings is 1. The molecule has 38 heavy (non-hydrogen) atoms. The lowest BCUT2D eigenvalue weighted by Crippen LogP contribution is -2.46. The van der Waals surface area contributed by atoms with E-state index in [9.17, 15) is 26.7 Å². The van der Waals surface area contributed by atoms with Crippen molar-refractivity contribution in [2.24, 2.45) is 0 Å². The maximum absolute atomic E-state index is 13.9. The lowest BCUT2D eigenvalue weighted by molar-refractivity contribution is -0.141. The molecule has 2 aliphatic heterocycles. The molecule has 10 heteroatoms. The summed E-state index contributed by atoms with van der Waals surface area (Å²) in [6.07, 6.45) is 1.19. The van der Waals surface area contributed by atoms with Crippen LogP contribution in [-0.2, 0) is 11.6 Å². The molecule has 1 fully saturated rings. The first-order chi connectivity index (χ1) is 18.1. The van der Waals surface area contributed by atoms with E-state index in [1.54, 1.807) is 18.2 Å². The molecular formula is C28H23ClF5N3O. The van der Waals surface area contributed by atoms with Crippen LogP contribution in [0.5, 0.6) is 0 Å². The highest BCUT2D eigenvalue weighted by molar-refractivity contribution is 6.30. The Labute approximate surface area is 221 Å². The van der Waals surface area contributed by atoms with Gasteiger partial charge in [-0.05, 0) is 74.0 Å². The van der Waals surface area contributed by atoms with Gasteiger partial charge in [0.1, 0.15) is 17.3 Å². The van der Waals surface area contributed by atoms with Crippen molar-refractivity contribution in [3.05, 3.63) is 99.8 Å². The van der Waals surface area contributed by atoms with Gasteiger partial charge in [-0.2, -0.15) is 13.2 Å². The molecule has 1 saturated heterocycles. The van der Waals surface area contributed by atoms with Gasteiger partial charge in [0.25, 0.3) is 5.91 Å². The zero-order valence-electron chi connectivity index (χ0n) is 20.1. The third-order valence-electron chi connectivity index (χ3n) is 7.26. The van der Waals surface area contributed by atoms with Crippen LogP contribution in [0, 0.1) is 11.6 Å². The quantitative estimate of drug-likeness (QED) is 0.339. The summed E-state index contributed by atoms with van der Waals surface area (Å²) in [6.45, 7) is 2.28. The molecule has 0 radical (unpaired) electrons. The predicted molar refractivity (Wildman–Crippen MR) is 135 cm³/mol. The van der Waals surface area contributed by atoms with Gasteiger partial charge in [0.15, 0.2) is 0 Å². The number of hydrogen-bond donors (Lipinski definition) is 0. The summed E-state index contributed by atoms with van der Waals surface area (Å²) in [7, 11) is 0. The standard InChI is InChI=1S/C28H23ClF5N3O/c29-20-4-6-24-22(15-20)27(17-37(24)26(38)19-7-10-35-25(14-19)28(32,33)34)8-12-36(13-9-27)11-1-2-18-3-5-21(30)16-23(18)31/h1-7,10,14-16H,8-9,11-13,17H2/b2-1+. The van der Waals surface area contributed by atoms with Gasteiger partial charge in [0, 0.05) is 52.6 Å². The van der Waals surface area contributed by atoms with E-state index in [1.165, 1.54) is 23.1 Å². The second-order valence-corrected chi connectivity index (χ2v) is 10.1. The molecule has 198 valence electrons. The Morgan fingerprint density at radius 2 is 1.82 bits per heavy atom. The molecule has 1 amide bonds. The van der Waals surface area contributed by atoms with Crippen LogP contribution in [-0.4, -0.2) is 42.0 Å². The number of fused-ring (bicyclic) bond motifs is 2. The minimum Gasteiger partial charge on any atom is -0.307 e. The number of carbonyl (C=O) groups is 1. The lowest BCUT2D eigenvalue weighted by Gasteiger charge is -2.39. The number of hydrogen-bond acceptors (Lipinski definition) is 3. The molecule has 1 aromatic heterocycles. The number of halogens is 6. The summed E-state index contributed by atoms with van der Waals surface area (Å²) in [4.78, 5) is 20.5. The summed E-state index contributed by atoms with van der Waals surface area (Å²) in [5.74, 6) is -1.78. The van der Waals surface area contributed by atoms with Gasteiger partial charge in [-0.25, -0.2) is 8.78 Å². The van der Waals surface area contributed by atoms with Gasteiger partial charge in [0.2, 0.25) is 0 Å². The van der Waals surface area contributed by atoms with Crippen LogP contribution >= 0.6 is 11.6 Å². The number of nitrogens with zero attached hydrogens (tertiary/aromatic N) is 3. The van der Waals surface area contributed by atoms with E-state index in [0.717, 1.165) is 23.9 Å². The molecule has 4 nitrogen and oxygen atoms in total. The van der Waals surface area contributed by atoms with Crippen LogP contribution < -0.4 is 4.90 Å². The van der Waals surface area contributed by atoms with Crippen molar-refractivity contribution in [3.8, 4) is 0 Å². The molecule has 0 N–H and O–H groups in total. The molecule has 0 saturated carbocycles. The smallest absolute Gasteiger partial charge is 0.307 e. The third-order valence-corrected chi connectivity index (χ3v) is 7.50. The minimum absolute atomic E-state index is 0.0825. The van der Waals surface area contributed by atoms with Gasteiger partial charge >= 0.3 is 6.18 Å². The summed E-state index contributed by atoms with van der Waals surface area (Å²) in [5.41, 5.74) is 0.269. The number of anilines is 1. The average molecular weight is 548 g/mol. The van der Waals surface area contributed by atoms with Crippen molar-refractivity contribution in [1.82, 2.24) is 9.88 Å². The molecule has 3 aromatic rings. The van der Waals surface area contributed by atoms with Crippen LogP contribution in [0.3, 0.4) is 0 Å². The lowest BCUT2D eigenvalue weighted by atomic mass is 9.74. The zero-order chi connectivity index (χ0) is 27.1. The highest BCUT2D eigenvalue weighted by Crippen LogP contribution is 2.48. The molecular weight excluding hydrogens is 525 g/mol. The van der Waals surface area contributed by atoms with Crippen molar-refractivity contribution in [2.75, 3.05) is 31.1 Å². The van der Waals surface area contributed by atoms with Crippen molar-refractivity contribution < 1.29 is 26.7 Å². The number of likely N-dealkylation sites (tertiary alicyclic amines) is 1. The molecule has 3 heterocycles. The largest absolute Gasteiger partial charge is 0.433 e. The van der Waals surface area contributed by atoms with Crippen LogP contribution in [0.25, 0.3) is 6.08 Å². The first-order valence-electron chi connectivity index (χ1n) is 12.0. The van der Waals surface area contributed by atoms with E-state index in [1.807, 2.05) is 12.1 Å². The van der Waals surface area contributed by atoms with E-state index in [0.29, 0.717) is 55.3 Å². The number of rotatable bonds is 4. The SMILES string of the molecule is O=C(c1ccnc(C(F)(F)F)c1)N1CC2(CCN(C/C=C/c3ccc(F)cc3F)CC2)c2cc(Cl)ccc21. The summed E-state index contributed by atoms with van der Waals surface area (Å²) < 4.78 is 66.6. The number of pyridine rings is 1.